The number of imide groups is 1. The third kappa shape index (κ3) is 5.07. The second-order valence-electron chi connectivity index (χ2n) is 8.77. The molecule has 2 N–H and O–H groups in total. The zero-order chi connectivity index (χ0) is 25.1. The van der Waals surface area contributed by atoms with E-state index in [1.807, 2.05) is 50.2 Å². The van der Waals surface area contributed by atoms with Gasteiger partial charge in [-0.1, -0.05) is 49.9 Å². The molecule has 0 aliphatic rings. The highest BCUT2D eigenvalue weighted by molar-refractivity contribution is 7.99. The highest BCUT2D eigenvalue weighted by Gasteiger charge is 2.20. The normalized spacial score (nSPS) is 11.3. The van der Waals surface area contributed by atoms with E-state index in [2.05, 4.69) is 34.7 Å². The lowest BCUT2D eigenvalue weighted by molar-refractivity contribution is -0.117. The van der Waals surface area contributed by atoms with Crippen LogP contribution in [0.3, 0.4) is 0 Å². The van der Waals surface area contributed by atoms with Gasteiger partial charge in [0, 0.05) is 6.54 Å². The predicted molar refractivity (Wildman–Crippen MR) is 137 cm³/mol. The van der Waals surface area contributed by atoms with E-state index in [1.54, 1.807) is 15.0 Å². The van der Waals surface area contributed by atoms with Crippen LogP contribution in [0.15, 0.2) is 52.4 Å². The van der Waals surface area contributed by atoms with E-state index in [0.717, 1.165) is 35.0 Å². The van der Waals surface area contributed by atoms with E-state index in [-0.39, 0.29) is 11.3 Å². The number of hydrogen-bond donors (Lipinski definition) is 2. The summed E-state index contributed by atoms with van der Waals surface area (Å²) in [5.41, 5.74) is 3.20. The number of fused-ring (bicyclic) bond motifs is 3. The Bertz CT molecular complexity index is 1470. The number of rotatable bonds is 7. The van der Waals surface area contributed by atoms with E-state index >= 15 is 0 Å². The number of carbonyl (C=O) groups excluding carboxylic acids is 2. The molecule has 0 spiro atoms. The quantitative estimate of drug-likeness (QED) is 0.381. The summed E-state index contributed by atoms with van der Waals surface area (Å²) in [7, 11) is 0. The molecular weight excluding hydrogens is 464 g/mol. The third-order valence-corrected chi connectivity index (χ3v) is 6.73. The number of amides is 3. The van der Waals surface area contributed by atoms with Crippen molar-refractivity contribution < 1.29 is 9.59 Å². The number of benzene rings is 2. The molecule has 0 fully saturated rings. The van der Waals surface area contributed by atoms with Crippen LogP contribution in [-0.4, -0.2) is 43.4 Å². The lowest BCUT2D eigenvalue weighted by atomic mass is 10.1. The third-order valence-electron chi connectivity index (χ3n) is 5.80. The maximum absolute atomic E-state index is 13.5. The average molecular weight is 493 g/mol. The molecule has 0 saturated carbocycles. The van der Waals surface area contributed by atoms with E-state index in [4.69, 9.17) is 0 Å². The number of nitrogens with zero attached hydrogens (tertiary/aromatic N) is 4. The fourth-order valence-corrected chi connectivity index (χ4v) is 4.52. The summed E-state index contributed by atoms with van der Waals surface area (Å²) in [5, 5.41) is 14.6. The summed E-state index contributed by atoms with van der Waals surface area (Å²) in [6.45, 7) is 8.58. The number of thioether (sulfide) groups is 1. The highest BCUT2D eigenvalue weighted by atomic mass is 32.2. The minimum atomic E-state index is -0.517. The summed E-state index contributed by atoms with van der Waals surface area (Å²) in [5.74, 6) is 0.339. The van der Waals surface area contributed by atoms with Crippen molar-refractivity contribution in [2.45, 2.75) is 39.3 Å². The van der Waals surface area contributed by atoms with Gasteiger partial charge in [-0.2, -0.15) is 0 Å². The standard InChI is InChI=1S/C25H28N6O3S/c1-15(2)12-13-26-23(34)27-21(32)14-35-25-29-28-24-30(19-11-7-8-16(3)17(19)4)22(33)18-9-5-6-10-20(18)31(24)25/h5-11,15H,12-14H2,1-4H3,(H2,26,27,32,34). The summed E-state index contributed by atoms with van der Waals surface area (Å²) in [6.07, 6.45) is 0.831. The van der Waals surface area contributed by atoms with E-state index in [1.165, 1.54) is 0 Å². The van der Waals surface area contributed by atoms with Crippen molar-refractivity contribution in [2.24, 2.45) is 5.92 Å². The molecule has 0 aliphatic heterocycles. The van der Waals surface area contributed by atoms with Crippen LogP contribution in [0, 0.1) is 19.8 Å². The van der Waals surface area contributed by atoms with Gasteiger partial charge in [0.15, 0.2) is 5.16 Å². The molecule has 10 heteroatoms. The van der Waals surface area contributed by atoms with Gasteiger partial charge in [0.05, 0.1) is 22.3 Å². The molecule has 0 saturated heterocycles. The van der Waals surface area contributed by atoms with Crippen LogP contribution >= 0.6 is 11.8 Å². The Hall–Kier alpha value is -3.66. The first-order chi connectivity index (χ1) is 16.8. The van der Waals surface area contributed by atoms with Crippen molar-refractivity contribution in [1.29, 1.82) is 0 Å². The first kappa shape index (κ1) is 24.5. The van der Waals surface area contributed by atoms with Gasteiger partial charge in [-0.3, -0.25) is 19.3 Å². The number of carbonyl (C=O) groups is 2. The summed E-state index contributed by atoms with van der Waals surface area (Å²) in [6, 6.07) is 12.5. The minimum Gasteiger partial charge on any atom is -0.338 e. The van der Waals surface area contributed by atoms with Gasteiger partial charge in [-0.25, -0.2) is 9.36 Å². The fraction of sp³-hybridized carbons (Fsp3) is 0.320. The molecule has 9 nitrogen and oxygen atoms in total. The van der Waals surface area contributed by atoms with Crippen LogP contribution < -0.4 is 16.2 Å². The van der Waals surface area contributed by atoms with E-state index < -0.39 is 11.9 Å². The molecule has 2 heterocycles. The molecule has 2 aromatic carbocycles. The van der Waals surface area contributed by atoms with Crippen molar-refractivity contribution >= 4 is 40.4 Å². The second kappa shape index (κ2) is 10.3. The Morgan fingerprint density at radius 1 is 1.06 bits per heavy atom. The van der Waals surface area contributed by atoms with Crippen molar-refractivity contribution in [3.63, 3.8) is 0 Å². The van der Waals surface area contributed by atoms with Crippen LogP contribution in [0.1, 0.15) is 31.4 Å². The Labute approximate surface area is 206 Å². The van der Waals surface area contributed by atoms with Gasteiger partial charge in [0.1, 0.15) is 0 Å². The van der Waals surface area contributed by atoms with Crippen LogP contribution in [0.4, 0.5) is 4.79 Å². The summed E-state index contributed by atoms with van der Waals surface area (Å²) >= 11 is 1.15. The second-order valence-corrected chi connectivity index (χ2v) is 9.71. The van der Waals surface area contributed by atoms with Crippen LogP contribution in [-0.2, 0) is 4.79 Å². The number of aryl methyl sites for hydroxylation is 1. The Morgan fingerprint density at radius 2 is 1.83 bits per heavy atom. The Balaban J connectivity index is 1.67. The van der Waals surface area contributed by atoms with Gasteiger partial charge in [-0.15, -0.1) is 10.2 Å². The van der Waals surface area contributed by atoms with Gasteiger partial charge >= 0.3 is 6.03 Å². The van der Waals surface area contributed by atoms with Crippen LogP contribution in [0.25, 0.3) is 22.4 Å². The molecule has 0 aliphatic carbocycles. The van der Waals surface area contributed by atoms with E-state index in [0.29, 0.717) is 34.3 Å². The molecule has 2 aromatic heterocycles. The molecule has 182 valence electrons. The number of aromatic nitrogens is 4. The van der Waals surface area contributed by atoms with Crippen LogP contribution in [0.2, 0.25) is 0 Å². The van der Waals surface area contributed by atoms with Gasteiger partial charge in [-0.05, 0) is 55.5 Å². The smallest absolute Gasteiger partial charge is 0.321 e. The van der Waals surface area contributed by atoms with E-state index in [9.17, 15) is 14.4 Å². The fourth-order valence-electron chi connectivity index (χ4n) is 3.78. The Morgan fingerprint density at radius 3 is 2.60 bits per heavy atom. The largest absolute Gasteiger partial charge is 0.338 e. The molecule has 0 atom stereocenters. The van der Waals surface area contributed by atoms with Crippen molar-refractivity contribution in [3.05, 3.63) is 63.9 Å². The molecule has 35 heavy (non-hydrogen) atoms. The van der Waals surface area contributed by atoms with Crippen molar-refractivity contribution in [2.75, 3.05) is 12.3 Å². The molecule has 0 bridgehead atoms. The SMILES string of the molecule is Cc1cccc(-n2c(=O)c3ccccc3n3c(SCC(=O)NC(=O)NCCC(C)C)nnc23)c1C. The molecule has 0 radical (unpaired) electrons. The van der Waals surface area contributed by atoms with Crippen LogP contribution in [0.5, 0.6) is 0 Å². The highest BCUT2D eigenvalue weighted by Crippen LogP contribution is 2.25. The minimum absolute atomic E-state index is 0.0324. The topological polar surface area (TPSA) is 110 Å². The van der Waals surface area contributed by atoms with Gasteiger partial charge in [0.25, 0.3) is 5.56 Å². The molecule has 4 aromatic rings. The van der Waals surface area contributed by atoms with Crippen molar-refractivity contribution in [1.82, 2.24) is 29.8 Å². The lowest BCUT2D eigenvalue weighted by Gasteiger charge is -2.14. The Kier molecular flexibility index (Phi) is 7.20. The number of para-hydroxylation sites is 1. The first-order valence-corrected chi connectivity index (χ1v) is 12.4. The predicted octanol–water partition coefficient (Wildman–Crippen LogP) is 3.61. The zero-order valence-corrected chi connectivity index (χ0v) is 21.0. The first-order valence-electron chi connectivity index (χ1n) is 11.4. The van der Waals surface area contributed by atoms with Gasteiger partial charge in [0.2, 0.25) is 11.7 Å². The number of urea groups is 1. The summed E-state index contributed by atoms with van der Waals surface area (Å²) in [4.78, 5) is 37.8. The number of nitrogens with one attached hydrogen (secondary N) is 2. The zero-order valence-electron chi connectivity index (χ0n) is 20.2. The molecular formula is C25H28N6O3S. The number of hydrogen-bond acceptors (Lipinski definition) is 6. The maximum atomic E-state index is 13.5. The molecule has 0 unspecified atom stereocenters. The average Bonchev–Trinajstić information content (AvgIpc) is 3.24. The van der Waals surface area contributed by atoms with Crippen molar-refractivity contribution in [3.8, 4) is 5.69 Å². The van der Waals surface area contributed by atoms with Gasteiger partial charge < -0.3 is 5.32 Å². The lowest BCUT2D eigenvalue weighted by Crippen LogP contribution is -2.40. The summed E-state index contributed by atoms with van der Waals surface area (Å²) < 4.78 is 3.34. The molecule has 4 rings (SSSR count). The molecule has 3 amide bonds. The maximum Gasteiger partial charge on any atom is 0.321 e. The monoisotopic (exact) mass is 492 g/mol.